The molecule has 1 aliphatic heterocycles. The number of nitrogens with one attached hydrogen (secondary N) is 1. The Bertz CT molecular complexity index is 221. The lowest BCUT2D eigenvalue weighted by atomic mass is 9.96. The summed E-state index contributed by atoms with van der Waals surface area (Å²) < 4.78 is 4.91. The molecule has 0 aromatic carbocycles. The van der Waals surface area contributed by atoms with E-state index in [0.29, 0.717) is 12.5 Å². The van der Waals surface area contributed by atoms with Crippen molar-refractivity contribution in [1.82, 2.24) is 10.2 Å². The summed E-state index contributed by atoms with van der Waals surface area (Å²) in [6, 6.07) is 0.245. The maximum absolute atomic E-state index is 11.3. The molecular weight excluding hydrogens is 204 g/mol. The van der Waals surface area contributed by atoms with E-state index in [1.165, 1.54) is 6.42 Å². The third kappa shape index (κ3) is 4.39. The highest BCUT2D eigenvalue weighted by Gasteiger charge is 2.25. The monoisotopic (exact) mass is 228 g/mol. The number of amides is 1. The summed E-state index contributed by atoms with van der Waals surface area (Å²) in [6.45, 7) is 9.91. The molecule has 0 spiro atoms. The molecule has 1 saturated heterocycles. The molecule has 0 aliphatic carbocycles. The van der Waals surface area contributed by atoms with Crippen LogP contribution in [0.1, 0.15) is 33.6 Å². The molecule has 1 N–H and O–H groups in total. The van der Waals surface area contributed by atoms with Crippen molar-refractivity contribution in [3.8, 4) is 0 Å². The van der Waals surface area contributed by atoms with Gasteiger partial charge in [0.15, 0.2) is 0 Å². The number of rotatable bonds is 4. The first-order valence-electron chi connectivity index (χ1n) is 6.31. The lowest BCUT2D eigenvalue weighted by Crippen LogP contribution is -2.50. The Morgan fingerprint density at radius 2 is 2.19 bits per heavy atom. The van der Waals surface area contributed by atoms with Gasteiger partial charge in [0.25, 0.3) is 0 Å². The molecular formula is C12H24N2O2. The second-order valence-corrected chi connectivity index (χ2v) is 4.66. The Morgan fingerprint density at radius 3 is 2.81 bits per heavy atom. The predicted octanol–water partition coefficient (Wildman–Crippen LogP) is 1.85. The number of likely N-dealkylation sites (tertiary alicyclic amines) is 1. The molecule has 0 radical (unpaired) electrons. The topological polar surface area (TPSA) is 41.6 Å². The Balaban J connectivity index is 2.37. The Labute approximate surface area is 98.3 Å². The highest BCUT2D eigenvalue weighted by atomic mass is 16.5. The van der Waals surface area contributed by atoms with E-state index in [2.05, 4.69) is 24.1 Å². The summed E-state index contributed by atoms with van der Waals surface area (Å²) in [6.07, 6.45) is 1.94. The first kappa shape index (κ1) is 13.3. The van der Waals surface area contributed by atoms with Crippen molar-refractivity contribution in [3.05, 3.63) is 0 Å². The molecule has 94 valence electrons. The standard InChI is InChI=1S/C12H24N2O2/c1-4-6-14-8-10(3)7-11(9-14)13-12(15)16-5-2/h10-11H,4-9H2,1-3H3,(H,13,15). The van der Waals surface area contributed by atoms with E-state index in [1.807, 2.05) is 6.92 Å². The number of hydrogen-bond donors (Lipinski definition) is 1. The first-order chi connectivity index (χ1) is 7.65. The molecule has 0 aromatic heterocycles. The maximum Gasteiger partial charge on any atom is 0.407 e. The van der Waals surface area contributed by atoms with Crippen LogP contribution < -0.4 is 5.32 Å². The van der Waals surface area contributed by atoms with E-state index < -0.39 is 0 Å². The van der Waals surface area contributed by atoms with Crippen molar-refractivity contribution < 1.29 is 9.53 Å². The van der Waals surface area contributed by atoms with Crippen LogP contribution in [0.2, 0.25) is 0 Å². The SMILES string of the molecule is CCCN1CC(C)CC(NC(=O)OCC)C1. The van der Waals surface area contributed by atoms with Gasteiger partial charge in [-0.1, -0.05) is 13.8 Å². The molecule has 0 aromatic rings. The third-order valence-corrected chi connectivity index (χ3v) is 2.87. The third-order valence-electron chi connectivity index (χ3n) is 2.87. The van der Waals surface area contributed by atoms with Crippen molar-refractivity contribution in [2.24, 2.45) is 5.92 Å². The number of nitrogens with zero attached hydrogens (tertiary/aromatic N) is 1. The Morgan fingerprint density at radius 1 is 1.44 bits per heavy atom. The molecule has 16 heavy (non-hydrogen) atoms. The van der Waals surface area contributed by atoms with E-state index in [9.17, 15) is 4.79 Å². The van der Waals surface area contributed by atoms with E-state index in [4.69, 9.17) is 4.74 Å². The average molecular weight is 228 g/mol. The van der Waals surface area contributed by atoms with Gasteiger partial charge in [-0.25, -0.2) is 4.79 Å². The van der Waals surface area contributed by atoms with Crippen LogP contribution >= 0.6 is 0 Å². The molecule has 0 saturated carbocycles. The van der Waals surface area contributed by atoms with E-state index in [1.54, 1.807) is 0 Å². The molecule has 1 heterocycles. The maximum atomic E-state index is 11.3. The number of ether oxygens (including phenoxy) is 1. The van der Waals surface area contributed by atoms with Gasteiger partial charge in [-0.3, -0.25) is 0 Å². The molecule has 0 bridgehead atoms. The van der Waals surface area contributed by atoms with Gasteiger partial charge >= 0.3 is 6.09 Å². The van der Waals surface area contributed by atoms with Gasteiger partial charge in [0, 0.05) is 19.1 Å². The summed E-state index contributed by atoms with van der Waals surface area (Å²) >= 11 is 0. The molecule has 1 fully saturated rings. The quantitative estimate of drug-likeness (QED) is 0.798. The smallest absolute Gasteiger partial charge is 0.407 e. The molecule has 1 rings (SSSR count). The van der Waals surface area contributed by atoms with Gasteiger partial charge in [0.1, 0.15) is 0 Å². The lowest BCUT2D eigenvalue weighted by molar-refractivity contribution is 0.121. The van der Waals surface area contributed by atoms with Crippen LogP contribution in [0.15, 0.2) is 0 Å². The normalized spacial score (nSPS) is 26.4. The zero-order chi connectivity index (χ0) is 12.0. The highest BCUT2D eigenvalue weighted by molar-refractivity contribution is 5.67. The average Bonchev–Trinajstić information content (AvgIpc) is 2.17. The van der Waals surface area contributed by atoms with Crippen molar-refractivity contribution in [2.45, 2.75) is 39.7 Å². The first-order valence-corrected chi connectivity index (χ1v) is 6.31. The molecule has 2 unspecified atom stereocenters. The Kier molecular flexibility index (Phi) is 5.60. The zero-order valence-electron chi connectivity index (χ0n) is 10.7. The summed E-state index contributed by atoms with van der Waals surface area (Å²) in [5.74, 6) is 0.646. The van der Waals surface area contributed by atoms with Gasteiger partial charge in [0.05, 0.1) is 6.61 Å². The zero-order valence-corrected chi connectivity index (χ0v) is 10.7. The van der Waals surface area contributed by atoms with Crippen LogP contribution in [0.3, 0.4) is 0 Å². The summed E-state index contributed by atoms with van der Waals surface area (Å²) in [4.78, 5) is 13.8. The van der Waals surface area contributed by atoms with Crippen molar-refractivity contribution in [3.63, 3.8) is 0 Å². The van der Waals surface area contributed by atoms with Crippen LogP contribution in [0, 0.1) is 5.92 Å². The van der Waals surface area contributed by atoms with Crippen LogP contribution in [0.5, 0.6) is 0 Å². The van der Waals surface area contributed by atoms with Crippen LogP contribution in [-0.2, 0) is 4.74 Å². The minimum Gasteiger partial charge on any atom is -0.450 e. The van der Waals surface area contributed by atoms with E-state index in [-0.39, 0.29) is 12.1 Å². The highest BCUT2D eigenvalue weighted by Crippen LogP contribution is 2.16. The largest absolute Gasteiger partial charge is 0.450 e. The van der Waals surface area contributed by atoms with Crippen molar-refractivity contribution in [2.75, 3.05) is 26.2 Å². The predicted molar refractivity (Wildman–Crippen MR) is 64.5 cm³/mol. The number of hydrogen-bond acceptors (Lipinski definition) is 3. The summed E-state index contributed by atoms with van der Waals surface area (Å²) in [7, 11) is 0. The van der Waals surface area contributed by atoms with E-state index in [0.717, 1.165) is 26.1 Å². The lowest BCUT2D eigenvalue weighted by Gasteiger charge is -2.36. The van der Waals surface area contributed by atoms with Gasteiger partial charge in [0.2, 0.25) is 0 Å². The fourth-order valence-corrected chi connectivity index (χ4v) is 2.40. The second-order valence-electron chi connectivity index (χ2n) is 4.66. The number of piperidine rings is 1. The minimum atomic E-state index is -0.280. The fraction of sp³-hybridized carbons (Fsp3) is 0.917. The Hall–Kier alpha value is -0.770. The van der Waals surface area contributed by atoms with Gasteiger partial charge in [-0.15, -0.1) is 0 Å². The van der Waals surface area contributed by atoms with Crippen LogP contribution in [0.4, 0.5) is 4.79 Å². The molecule has 1 amide bonds. The molecule has 1 aliphatic rings. The number of carbonyl (C=O) groups excluding carboxylic acids is 1. The van der Waals surface area contributed by atoms with Gasteiger partial charge in [-0.2, -0.15) is 0 Å². The summed E-state index contributed by atoms with van der Waals surface area (Å²) in [5, 5.41) is 2.94. The van der Waals surface area contributed by atoms with E-state index >= 15 is 0 Å². The van der Waals surface area contributed by atoms with Crippen molar-refractivity contribution >= 4 is 6.09 Å². The molecule has 2 atom stereocenters. The number of alkyl carbamates (subject to hydrolysis) is 1. The molecule has 4 nitrogen and oxygen atoms in total. The number of carbonyl (C=O) groups is 1. The summed E-state index contributed by atoms with van der Waals surface area (Å²) in [5.41, 5.74) is 0. The van der Waals surface area contributed by atoms with Gasteiger partial charge < -0.3 is 15.0 Å². The fourth-order valence-electron chi connectivity index (χ4n) is 2.40. The second kappa shape index (κ2) is 6.74. The van der Waals surface area contributed by atoms with Crippen LogP contribution in [0.25, 0.3) is 0 Å². The van der Waals surface area contributed by atoms with Crippen molar-refractivity contribution in [1.29, 1.82) is 0 Å². The molecule has 4 heteroatoms. The van der Waals surface area contributed by atoms with Crippen LogP contribution in [-0.4, -0.2) is 43.3 Å². The van der Waals surface area contributed by atoms with Gasteiger partial charge in [-0.05, 0) is 32.2 Å². The minimum absolute atomic E-state index is 0.245.